The summed E-state index contributed by atoms with van der Waals surface area (Å²) in [4.78, 5) is 23.1. The van der Waals surface area contributed by atoms with Crippen LogP contribution in [-0.2, 0) is 14.6 Å². The monoisotopic (exact) mass is 327 g/mol. The second kappa shape index (κ2) is 6.48. The van der Waals surface area contributed by atoms with E-state index in [-0.39, 0.29) is 17.0 Å². The first-order valence-electron chi connectivity index (χ1n) is 6.84. The molecule has 0 atom stereocenters. The van der Waals surface area contributed by atoms with Gasteiger partial charge in [0.1, 0.15) is 0 Å². The van der Waals surface area contributed by atoms with E-state index in [1.807, 2.05) is 0 Å². The van der Waals surface area contributed by atoms with Crippen molar-refractivity contribution < 1.29 is 23.1 Å². The van der Waals surface area contributed by atoms with E-state index in [0.717, 1.165) is 0 Å². The Labute approximate surface area is 130 Å². The number of carboxylic acids is 1. The number of benzene rings is 1. The predicted octanol–water partition coefficient (Wildman–Crippen LogP) is 1.71. The average Bonchev–Trinajstić information content (AvgIpc) is 2.44. The molecule has 0 unspecified atom stereocenters. The van der Waals surface area contributed by atoms with Crippen molar-refractivity contribution in [3.8, 4) is 0 Å². The van der Waals surface area contributed by atoms with Gasteiger partial charge in [-0.25, -0.2) is 8.42 Å². The van der Waals surface area contributed by atoms with Gasteiger partial charge < -0.3 is 10.4 Å². The summed E-state index contributed by atoms with van der Waals surface area (Å²) in [5, 5.41) is 11.0. The highest BCUT2D eigenvalue weighted by Crippen LogP contribution is 2.17. The summed E-state index contributed by atoms with van der Waals surface area (Å²) in [5.74, 6) is -1.45. The molecule has 6 nitrogen and oxygen atoms in total. The number of rotatable bonds is 6. The van der Waals surface area contributed by atoms with Gasteiger partial charge >= 0.3 is 5.97 Å². The van der Waals surface area contributed by atoms with Crippen molar-refractivity contribution >= 4 is 21.7 Å². The van der Waals surface area contributed by atoms with E-state index in [0.29, 0.717) is 0 Å². The second-order valence-corrected chi connectivity index (χ2v) is 8.49. The minimum absolute atomic E-state index is 0.0206. The number of carboxylic acid groups (broad SMARTS) is 1. The van der Waals surface area contributed by atoms with Gasteiger partial charge in [0.2, 0.25) is 0 Å². The minimum atomic E-state index is -3.38. The highest BCUT2D eigenvalue weighted by Gasteiger charge is 2.27. The number of nitrogens with one attached hydrogen (secondary N) is 1. The molecule has 0 fully saturated rings. The van der Waals surface area contributed by atoms with Gasteiger partial charge in [-0.15, -0.1) is 0 Å². The molecule has 1 aromatic carbocycles. The number of hydrogen-bond donors (Lipinski definition) is 2. The van der Waals surface area contributed by atoms with Crippen molar-refractivity contribution in [3.63, 3.8) is 0 Å². The van der Waals surface area contributed by atoms with Crippen LogP contribution in [0.1, 0.15) is 38.1 Å². The maximum atomic E-state index is 12.0. The van der Waals surface area contributed by atoms with Gasteiger partial charge in [0.05, 0.1) is 15.6 Å². The fourth-order valence-electron chi connectivity index (χ4n) is 1.55. The van der Waals surface area contributed by atoms with Crippen molar-refractivity contribution in [3.05, 3.63) is 29.8 Å². The number of sulfone groups is 1. The van der Waals surface area contributed by atoms with Crippen LogP contribution in [0, 0.1) is 5.41 Å². The molecule has 0 radical (unpaired) electrons. The van der Waals surface area contributed by atoms with Gasteiger partial charge in [0.15, 0.2) is 9.84 Å². The zero-order valence-electron chi connectivity index (χ0n) is 13.1. The van der Waals surface area contributed by atoms with Gasteiger partial charge in [-0.1, -0.05) is 0 Å². The second-order valence-electron chi connectivity index (χ2n) is 5.99. The lowest BCUT2D eigenvalue weighted by Crippen LogP contribution is -2.38. The summed E-state index contributed by atoms with van der Waals surface area (Å²) in [5.41, 5.74) is -0.791. The molecule has 0 saturated carbocycles. The normalized spacial score (nSPS) is 12.2. The SMILES string of the molecule is CC(C)S(=O)(=O)c1ccc(C(=O)NCC(C)(C)C(=O)O)cc1. The average molecular weight is 327 g/mol. The van der Waals surface area contributed by atoms with E-state index < -0.39 is 32.4 Å². The Morgan fingerprint density at radius 2 is 1.68 bits per heavy atom. The Morgan fingerprint density at radius 3 is 2.09 bits per heavy atom. The zero-order chi connectivity index (χ0) is 17.1. The Morgan fingerprint density at radius 1 is 1.18 bits per heavy atom. The molecule has 0 heterocycles. The van der Waals surface area contributed by atoms with Crippen molar-refractivity contribution in [1.29, 1.82) is 0 Å². The number of hydrogen-bond acceptors (Lipinski definition) is 4. The van der Waals surface area contributed by atoms with Gasteiger partial charge in [0, 0.05) is 12.1 Å². The van der Waals surface area contributed by atoms with Crippen molar-refractivity contribution in [2.45, 2.75) is 37.8 Å². The molecular formula is C15H21NO5S. The van der Waals surface area contributed by atoms with Crippen molar-refractivity contribution in [2.24, 2.45) is 5.41 Å². The maximum Gasteiger partial charge on any atom is 0.310 e. The van der Waals surface area contributed by atoms with Crippen LogP contribution in [0.4, 0.5) is 0 Å². The van der Waals surface area contributed by atoms with E-state index in [4.69, 9.17) is 5.11 Å². The molecule has 0 aliphatic carbocycles. The van der Waals surface area contributed by atoms with Crippen LogP contribution in [0.2, 0.25) is 0 Å². The highest BCUT2D eigenvalue weighted by molar-refractivity contribution is 7.92. The Kier molecular flexibility index (Phi) is 5.35. The molecule has 1 rings (SSSR count). The first-order valence-corrected chi connectivity index (χ1v) is 8.38. The molecule has 122 valence electrons. The summed E-state index contributed by atoms with van der Waals surface area (Å²) >= 11 is 0. The largest absolute Gasteiger partial charge is 0.481 e. The first kappa shape index (κ1) is 18.2. The Bertz CT molecular complexity index is 660. The smallest absolute Gasteiger partial charge is 0.310 e. The number of carbonyl (C=O) groups excluding carboxylic acids is 1. The van der Waals surface area contributed by atoms with Crippen molar-refractivity contribution in [1.82, 2.24) is 5.32 Å². The molecule has 7 heteroatoms. The maximum absolute atomic E-state index is 12.0. The lowest BCUT2D eigenvalue weighted by atomic mass is 9.94. The highest BCUT2D eigenvalue weighted by atomic mass is 32.2. The topological polar surface area (TPSA) is 101 Å². The third kappa shape index (κ3) is 4.07. The predicted molar refractivity (Wildman–Crippen MR) is 82.5 cm³/mol. The summed E-state index contributed by atoms with van der Waals surface area (Å²) in [6, 6.07) is 5.59. The molecule has 1 amide bonds. The molecular weight excluding hydrogens is 306 g/mol. The molecule has 0 saturated heterocycles. The summed E-state index contributed by atoms with van der Waals surface area (Å²) < 4.78 is 24.0. The summed E-state index contributed by atoms with van der Waals surface area (Å²) in [6.07, 6.45) is 0. The number of aliphatic carboxylic acids is 1. The zero-order valence-corrected chi connectivity index (χ0v) is 13.9. The van der Waals surface area contributed by atoms with Crippen LogP contribution in [0.3, 0.4) is 0 Å². The number of carbonyl (C=O) groups is 2. The summed E-state index contributed by atoms with van der Waals surface area (Å²) in [7, 11) is -3.38. The van der Waals surface area contributed by atoms with Crippen LogP contribution in [0.5, 0.6) is 0 Å². The Balaban J connectivity index is 2.84. The third-order valence-corrected chi connectivity index (χ3v) is 5.51. The van der Waals surface area contributed by atoms with Crippen LogP contribution in [0.25, 0.3) is 0 Å². The summed E-state index contributed by atoms with van der Waals surface area (Å²) in [6.45, 7) is 6.17. The van der Waals surface area contributed by atoms with E-state index in [9.17, 15) is 18.0 Å². The van der Waals surface area contributed by atoms with Crippen molar-refractivity contribution in [2.75, 3.05) is 6.54 Å². The van der Waals surface area contributed by atoms with Gasteiger partial charge in [-0.05, 0) is 52.0 Å². The van der Waals surface area contributed by atoms with E-state index in [1.165, 1.54) is 38.1 Å². The minimum Gasteiger partial charge on any atom is -0.481 e. The van der Waals surface area contributed by atoms with Crippen LogP contribution in [0.15, 0.2) is 29.2 Å². The lowest BCUT2D eigenvalue weighted by Gasteiger charge is -2.19. The lowest BCUT2D eigenvalue weighted by molar-refractivity contribution is -0.146. The standard InChI is InChI=1S/C15H21NO5S/c1-10(2)22(20,21)12-7-5-11(6-8-12)13(17)16-9-15(3,4)14(18)19/h5-8,10H,9H2,1-4H3,(H,16,17)(H,18,19). The van der Waals surface area contributed by atoms with E-state index >= 15 is 0 Å². The Hall–Kier alpha value is -1.89. The molecule has 0 aliphatic heterocycles. The quantitative estimate of drug-likeness (QED) is 0.828. The van der Waals surface area contributed by atoms with Crippen LogP contribution >= 0.6 is 0 Å². The first-order chi connectivity index (χ1) is 9.98. The molecule has 0 spiro atoms. The van der Waals surface area contributed by atoms with Crippen LogP contribution in [-0.4, -0.2) is 37.2 Å². The van der Waals surface area contributed by atoms with Gasteiger partial charge in [-0.3, -0.25) is 9.59 Å². The molecule has 22 heavy (non-hydrogen) atoms. The van der Waals surface area contributed by atoms with Crippen LogP contribution < -0.4 is 5.32 Å². The van der Waals surface area contributed by atoms with Gasteiger partial charge in [-0.2, -0.15) is 0 Å². The fourth-order valence-corrected chi connectivity index (χ4v) is 2.61. The molecule has 0 aromatic heterocycles. The van der Waals surface area contributed by atoms with E-state index in [2.05, 4.69) is 5.32 Å². The molecule has 1 aromatic rings. The third-order valence-electron chi connectivity index (χ3n) is 3.34. The molecule has 0 aliphatic rings. The number of amides is 1. The molecule has 2 N–H and O–H groups in total. The fraction of sp³-hybridized carbons (Fsp3) is 0.467. The van der Waals surface area contributed by atoms with E-state index in [1.54, 1.807) is 13.8 Å². The molecule has 0 bridgehead atoms. The van der Waals surface area contributed by atoms with Gasteiger partial charge in [0.25, 0.3) is 5.91 Å².